The average Bonchev–Trinajstić information content (AvgIpc) is 3.17. The fourth-order valence-electron chi connectivity index (χ4n) is 4.41. The highest BCUT2D eigenvalue weighted by Gasteiger charge is 2.28. The summed E-state index contributed by atoms with van der Waals surface area (Å²) in [6.07, 6.45) is 3.68. The summed E-state index contributed by atoms with van der Waals surface area (Å²) in [4.78, 5) is 5.02. The van der Waals surface area contributed by atoms with Crippen LogP contribution >= 0.6 is 0 Å². The molecule has 2 aromatic carbocycles. The molecule has 5 heteroatoms. The first-order valence-electron chi connectivity index (χ1n) is 10.8. The number of piperazine rings is 1. The quantitative estimate of drug-likeness (QED) is 0.632. The SMILES string of the molecule is c1ccc(C(c2ccccc2)N2CCN(Cc3nnc(C4CCC4)o3)CC2)cc1. The molecule has 0 radical (unpaired) electrons. The molecule has 0 atom stereocenters. The predicted molar refractivity (Wildman–Crippen MR) is 112 cm³/mol. The van der Waals surface area contributed by atoms with E-state index in [1.54, 1.807) is 0 Å². The molecule has 29 heavy (non-hydrogen) atoms. The first kappa shape index (κ1) is 18.5. The van der Waals surface area contributed by atoms with E-state index in [2.05, 4.69) is 80.7 Å². The maximum absolute atomic E-state index is 5.93. The van der Waals surface area contributed by atoms with Crippen LogP contribution in [0.3, 0.4) is 0 Å². The maximum atomic E-state index is 5.93. The van der Waals surface area contributed by atoms with Crippen molar-refractivity contribution in [2.45, 2.75) is 37.8 Å². The van der Waals surface area contributed by atoms with E-state index in [9.17, 15) is 0 Å². The van der Waals surface area contributed by atoms with E-state index in [1.165, 1.54) is 30.4 Å². The third kappa shape index (κ3) is 4.11. The number of hydrogen-bond donors (Lipinski definition) is 0. The molecule has 1 saturated carbocycles. The molecule has 3 aromatic rings. The topological polar surface area (TPSA) is 45.4 Å². The molecule has 5 rings (SSSR count). The van der Waals surface area contributed by atoms with Crippen LogP contribution in [0.4, 0.5) is 0 Å². The molecule has 1 aromatic heterocycles. The van der Waals surface area contributed by atoms with Crippen LogP contribution in [0.2, 0.25) is 0 Å². The van der Waals surface area contributed by atoms with Gasteiger partial charge in [0.1, 0.15) is 0 Å². The average molecular weight is 389 g/mol. The first-order chi connectivity index (χ1) is 14.4. The lowest BCUT2D eigenvalue weighted by Gasteiger charge is -2.39. The summed E-state index contributed by atoms with van der Waals surface area (Å²) in [6, 6.07) is 22.0. The van der Waals surface area contributed by atoms with Crippen LogP contribution in [-0.2, 0) is 6.54 Å². The fraction of sp³-hybridized carbons (Fsp3) is 0.417. The zero-order valence-electron chi connectivity index (χ0n) is 16.8. The molecule has 0 unspecified atom stereocenters. The van der Waals surface area contributed by atoms with E-state index in [1.807, 2.05) is 0 Å². The van der Waals surface area contributed by atoms with Crippen molar-refractivity contribution >= 4 is 0 Å². The van der Waals surface area contributed by atoms with Crippen LogP contribution in [0.25, 0.3) is 0 Å². The van der Waals surface area contributed by atoms with Crippen LogP contribution in [0.15, 0.2) is 65.1 Å². The molecule has 0 amide bonds. The Morgan fingerprint density at radius 2 is 1.45 bits per heavy atom. The fourth-order valence-corrected chi connectivity index (χ4v) is 4.41. The van der Waals surface area contributed by atoms with Gasteiger partial charge in [-0.3, -0.25) is 9.80 Å². The smallest absolute Gasteiger partial charge is 0.230 e. The Labute approximate surface area is 172 Å². The number of aromatic nitrogens is 2. The standard InChI is InChI=1S/C24H28N4O/c1-3-8-19(9-4-1)23(20-10-5-2-6-11-20)28-16-14-27(15-17-28)18-22-25-26-24(29-22)21-12-7-13-21/h1-6,8-11,21,23H,7,12-18H2. The normalized spacial score (nSPS) is 18.8. The molecule has 0 N–H and O–H groups in total. The summed E-state index contributed by atoms with van der Waals surface area (Å²) in [7, 11) is 0. The van der Waals surface area contributed by atoms with Crippen molar-refractivity contribution in [2.75, 3.05) is 26.2 Å². The van der Waals surface area contributed by atoms with Crippen LogP contribution in [-0.4, -0.2) is 46.2 Å². The Kier molecular flexibility index (Phi) is 5.41. The second kappa shape index (κ2) is 8.47. The lowest BCUT2D eigenvalue weighted by atomic mass is 9.85. The van der Waals surface area contributed by atoms with Gasteiger partial charge in [-0.15, -0.1) is 10.2 Å². The molecule has 1 aliphatic carbocycles. The van der Waals surface area contributed by atoms with E-state index in [4.69, 9.17) is 4.42 Å². The summed E-state index contributed by atoms with van der Waals surface area (Å²) < 4.78 is 5.93. The minimum absolute atomic E-state index is 0.299. The van der Waals surface area contributed by atoms with E-state index in [0.29, 0.717) is 12.0 Å². The highest BCUT2D eigenvalue weighted by atomic mass is 16.4. The van der Waals surface area contributed by atoms with Crippen molar-refractivity contribution in [3.63, 3.8) is 0 Å². The van der Waals surface area contributed by atoms with Crippen LogP contribution in [0.1, 0.15) is 54.1 Å². The minimum atomic E-state index is 0.299. The molecular weight excluding hydrogens is 360 g/mol. The Bertz CT molecular complexity index is 859. The summed E-state index contributed by atoms with van der Waals surface area (Å²) in [5, 5.41) is 8.56. The van der Waals surface area contributed by atoms with Gasteiger partial charge in [0, 0.05) is 32.1 Å². The van der Waals surface area contributed by atoms with E-state index in [0.717, 1.165) is 44.5 Å². The van der Waals surface area contributed by atoms with Crippen LogP contribution in [0.5, 0.6) is 0 Å². The van der Waals surface area contributed by atoms with E-state index in [-0.39, 0.29) is 0 Å². The first-order valence-corrected chi connectivity index (χ1v) is 10.8. The minimum Gasteiger partial charge on any atom is -0.424 e. The second-order valence-electron chi connectivity index (χ2n) is 8.20. The zero-order chi connectivity index (χ0) is 19.5. The van der Waals surface area contributed by atoms with Gasteiger partial charge < -0.3 is 4.42 Å². The molecule has 2 heterocycles. The van der Waals surface area contributed by atoms with Crippen LogP contribution in [0, 0.1) is 0 Å². The van der Waals surface area contributed by atoms with Gasteiger partial charge in [-0.05, 0) is 24.0 Å². The molecular formula is C24H28N4O. The maximum Gasteiger partial charge on any atom is 0.230 e. The lowest BCUT2D eigenvalue weighted by Crippen LogP contribution is -2.47. The predicted octanol–water partition coefficient (Wildman–Crippen LogP) is 4.24. The third-order valence-corrected chi connectivity index (χ3v) is 6.30. The van der Waals surface area contributed by atoms with Crippen LogP contribution < -0.4 is 0 Å². The largest absolute Gasteiger partial charge is 0.424 e. The summed E-state index contributed by atoms with van der Waals surface area (Å²) in [5.41, 5.74) is 2.71. The van der Waals surface area contributed by atoms with Gasteiger partial charge in [0.05, 0.1) is 12.6 Å². The highest BCUT2D eigenvalue weighted by Crippen LogP contribution is 2.35. The number of benzene rings is 2. The third-order valence-electron chi connectivity index (χ3n) is 6.30. The van der Waals surface area contributed by atoms with Gasteiger partial charge in [-0.2, -0.15) is 0 Å². The van der Waals surface area contributed by atoms with Gasteiger partial charge >= 0.3 is 0 Å². The Balaban J connectivity index is 1.25. The summed E-state index contributed by atoms with van der Waals surface area (Å²) in [5.74, 6) is 2.12. The van der Waals surface area contributed by atoms with Crippen molar-refractivity contribution in [1.29, 1.82) is 0 Å². The summed E-state index contributed by atoms with van der Waals surface area (Å²) >= 11 is 0. The molecule has 2 aliphatic rings. The number of nitrogens with zero attached hydrogens (tertiary/aromatic N) is 4. The van der Waals surface area contributed by atoms with E-state index >= 15 is 0 Å². The molecule has 0 bridgehead atoms. The van der Waals surface area contributed by atoms with Gasteiger partial charge in [0.2, 0.25) is 11.8 Å². The summed E-state index contributed by atoms with van der Waals surface area (Å²) in [6.45, 7) is 4.83. The van der Waals surface area contributed by atoms with Gasteiger partial charge in [-0.1, -0.05) is 67.1 Å². The van der Waals surface area contributed by atoms with Gasteiger partial charge in [0.25, 0.3) is 0 Å². The molecule has 150 valence electrons. The van der Waals surface area contributed by atoms with Crippen molar-refractivity contribution < 1.29 is 4.42 Å². The highest BCUT2D eigenvalue weighted by molar-refractivity contribution is 5.31. The zero-order valence-corrected chi connectivity index (χ0v) is 16.8. The molecule has 1 saturated heterocycles. The lowest BCUT2D eigenvalue weighted by molar-refractivity contribution is 0.0977. The van der Waals surface area contributed by atoms with Gasteiger partial charge in [-0.25, -0.2) is 0 Å². The van der Waals surface area contributed by atoms with Crippen molar-refractivity contribution in [2.24, 2.45) is 0 Å². The van der Waals surface area contributed by atoms with Crippen molar-refractivity contribution in [3.8, 4) is 0 Å². The monoisotopic (exact) mass is 388 g/mol. The van der Waals surface area contributed by atoms with Crippen molar-refractivity contribution in [1.82, 2.24) is 20.0 Å². The molecule has 0 spiro atoms. The van der Waals surface area contributed by atoms with Gasteiger partial charge in [0.15, 0.2) is 0 Å². The second-order valence-corrected chi connectivity index (χ2v) is 8.20. The van der Waals surface area contributed by atoms with E-state index < -0.39 is 0 Å². The van der Waals surface area contributed by atoms with Crippen molar-refractivity contribution in [3.05, 3.63) is 83.6 Å². The molecule has 2 fully saturated rings. The number of rotatable bonds is 6. The molecule has 1 aliphatic heterocycles. The Morgan fingerprint density at radius 3 is 2.00 bits per heavy atom. The molecule has 5 nitrogen and oxygen atoms in total. The Hall–Kier alpha value is -2.50. The number of hydrogen-bond acceptors (Lipinski definition) is 5. The Morgan fingerprint density at radius 1 is 0.828 bits per heavy atom.